The molecule has 1 amide bonds. The largest absolute Gasteiger partial charge is 0.399 e. The van der Waals surface area contributed by atoms with Gasteiger partial charge in [-0.1, -0.05) is 17.7 Å². The van der Waals surface area contributed by atoms with E-state index in [0.29, 0.717) is 17.1 Å². The Morgan fingerprint density at radius 3 is 2.71 bits per heavy atom. The number of carbonyl (C=O) groups is 1. The monoisotopic (exact) mass is 345 g/mol. The molecule has 3 aromatic rings. The van der Waals surface area contributed by atoms with Gasteiger partial charge < -0.3 is 11.1 Å². The van der Waals surface area contributed by atoms with Gasteiger partial charge in [-0.25, -0.2) is 9.37 Å². The molecule has 0 aliphatic heterocycles. The van der Waals surface area contributed by atoms with Crippen molar-refractivity contribution in [2.24, 2.45) is 0 Å². The lowest BCUT2D eigenvalue weighted by Gasteiger charge is -2.03. The molecule has 0 atom stereocenters. The topological polar surface area (TPSA) is 96.7 Å². The number of hydrogen-bond acceptors (Lipinski definition) is 4. The van der Waals surface area contributed by atoms with Crippen molar-refractivity contribution in [2.45, 2.75) is 6.54 Å². The fourth-order valence-electron chi connectivity index (χ4n) is 2.10. The third kappa shape index (κ3) is 3.36. The van der Waals surface area contributed by atoms with E-state index in [1.807, 2.05) is 0 Å². The van der Waals surface area contributed by atoms with Crippen molar-refractivity contribution in [1.82, 2.24) is 20.5 Å². The Kier molecular flexibility index (Phi) is 4.43. The van der Waals surface area contributed by atoms with Crippen LogP contribution in [0.15, 0.2) is 42.5 Å². The maximum atomic E-state index is 13.9. The van der Waals surface area contributed by atoms with Gasteiger partial charge in [0.1, 0.15) is 11.6 Å². The number of nitrogens with two attached hydrogens (primary N) is 1. The van der Waals surface area contributed by atoms with Crippen LogP contribution in [0, 0.1) is 5.82 Å². The summed E-state index contributed by atoms with van der Waals surface area (Å²) in [5.41, 5.74) is 6.75. The normalized spacial score (nSPS) is 10.6. The minimum atomic E-state index is -0.515. The number of aromatic nitrogens is 3. The number of benzene rings is 2. The number of halogens is 2. The maximum absolute atomic E-state index is 13.9. The van der Waals surface area contributed by atoms with Crippen molar-refractivity contribution in [1.29, 1.82) is 0 Å². The molecule has 0 saturated heterocycles. The molecule has 0 fully saturated rings. The fraction of sp³-hybridized carbons (Fsp3) is 0.0625. The highest BCUT2D eigenvalue weighted by Crippen LogP contribution is 2.27. The lowest BCUT2D eigenvalue weighted by atomic mass is 10.2. The van der Waals surface area contributed by atoms with E-state index in [-0.39, 0.29) is 28.9 Å². The van der Waals surface area contributed by atoms with Crippen molar-refractivity contribution in [3.63, 3.8) is 0 Å². The van der Waals surface area contributed by atoms with Gasteiger partial charge in [0.25, 0.3) is 5.91 Å². The summed E-state index contributed by atoms with van der Waals surface area (Å²) in [5, 5.41) is 9.50. The van der Waals surface area contributed by atoms with Crippen LogP contribution in [0.4, 0.5) is 10.1 Å². The molecule has 4 N–H and O–H groups in total. The predicted molar refractivity (Wildman–Crippen MR) is 88.8 cm³/mol. The third-order valence-corrected chi connectivity index (χ3v) is 3.62. The molecular formula is C16H13ClFN5O. The van der Waals surface area contributed by atoms with Crippen LogP contribution in [0.5, 0.6) is 0 Å². The van der Waals surface area contributed by atoms with Crippen LogP contribution in [0.25, 0.3) is 11.4 Å². The van der Waals surface area contributed by atoms with Crippen molar-refractivity contribution in [3.8, 4) is 11.4 Å². The van der Waals surface area contributed by atoms with Gasteiger partial charge in [-0.3, -0.25) is 9.89 Å². The van der Waals surface area contributed by atoms with Gasteiger partial charge >= 0.3 is 0 Å². The number of amides is 1. The molecule has 1 heterocycles. The summed E-state index contributed by atoms with van der Waals surface area (Å²) in [5.74, 6) is -0.279. The Morgan fingerprint density at radius 1 is 1.25 bits per heavy atom. The van der Waals surface area contributed by atoms with E-state index in [2.05, 4.69) is 20.5 Å². The molecule has 24 heavy (non-hydrogen) atoms. The lowest BCUT2D eigenvalue weighted by molar-refractivity contribution is 0.0950. The summed E-state index contributed by atoms with van der Waals surface area (Å²) in [6.45, 7) is 0.113. The first-order valence-corrected chi connectivity index (χ1v) is 7.42. The minimum Gasteiger partial charge on any atom is -0.399 e. The number of anilines is 1. The summed E-state index contributed by atoms with van der Waals surface area (Å²) in [4.78, 5) is 16.2. The molecule has 0 bridgehead atoms. The second kappa shape index (κ2) is 6.67. The number of H-pyrrole nitrogens is 1. The average Bonchev–Trinajstić information content (AvgIpc) is 3.02. The Morgan fingerprint density at radius 2 is 2.00 bits per heavy atom. The summed E-state index contributed by atoms with van der Waals surface area (Å²) in [6.07, 6.45) is 0. The highest BCUT2D eigenvalue weighted by Gasteiger charge is 2.15. The van der Waals surface area contributed by atoms with Crippen LogP contribution >= 0.6 is 11.6 Å². The molecule has 6 nitrogen and oxygen atoms in total. The Balaban J connectivity index is 1.70. The Hall–Kier alpha value is -2.93. The van der Waals surface area contributed by atoms with Crippen molar-refractivity contribution < 1.29 is 9.18 Å². The van der Waals surface area contributed by atoms with E-state index in [4.69, 9.17) is 17.3 Å². The molecule has 0 aliphatic carbocycles. The van der Waals surface area contributed by atoms with Crippen LogP contribution < -0.4 is 11.1 Å². The molecule has 8 heteroatoms. The van der Waals surface area contributed by atoms with E-state index in [1.54, 1.807) is 30.3 Å². The van der Waals surface area contributed by atoms with Crippen LogP contribution in [0.2, 0.25) is 5.02 Å². The summed E-state index contributed by atoms with van der Waals surface area (Å²) >= 11 is 5.98. The zero-order chi connectivity index (χ0) is 17.1. The molecule has 0 spiro atoms. The quantitative estimate of drug-likeness (QED) is 0.633. The van der Waals surface area contributed by atoms with Crippen LogP contribution in [-0.4, -0.2) is 21.1 Å². The van der Waals surface area contributed by atoms with Crippen molar-refractivity contribution >= 4 is 23.2 Å². The first-order chi connectivity index (χ1) is 11.5. The maximum Gasteiger partial charge on any atom is 0.251 e. The molecule has 0 aliphatic rings. The SMILES string of the molecule is Nc1ccc(C(=O)NCc2nc(-c3c(F)cccc3Cl)n[nH]2)cc1. The highest BCUT2D eigenvalue weighted by atomic mass is 35.5. The van der Waals surface area contributed by atoms with Crippen LogP contribution in [0.3, 0.4) is 0 Å². The smallest absolute Gasteiger partial charge is 0.251 e. The zero-order valence-corrected chi connectivity index (χ0v) is 13.1. The number of nitrogens with zero attached hydrogens (tertiary/aromatic N) is 2. The molecule has 1 aromatic heterocycles. The Bertz CT molecular complexity index is 858. The number of carbonyl (C=O) groups excluding carboxylic acids is 1. The molecule has 0 radical (unpaired) electrons. The van der Waals surface area contributed by atoms with E-state index >= 15 is 0 Å². The van der Waals surface area contributed by atoms with E-state index in [0.717, 1.165) is 0 Å². The number of nitrogens with one attached hydrogen (secondary N) is 2. The summed E-state index contributed by atoms with van der Waals surface area (Å²) in [7, 11) is 0. The van der Waals surface area contributed by atoms with Gasteiger partial charge in [0.05, 0.1) is 17.1 Å². The summed E-state index contributed by atoms with van der Waals surface area (Å²) in [6, 6.07) is 10.9. The summed E-state index contributed by atoms with van der Waals surface area (Å²) < 4.78 is 13.9. The van der Waals surface area contributed by atoms with Crippen molar-refractivity contribution in [2.75, 3.05) is 5.73 Å². The average molecular weight is 346 g/mol. The van der Waals surface area contributed by atoms with E-state index < -0.39 is 5.82 Å². The molecule has 0 saturated carbocycles. The number of nitrogen functional groups attached to an aromatic ring is 1. The van der Waals surface area contributed by atoms with E-state index in [9.17, 15) is 9.18 Å². The standard InChI is InChI=1S/C16H13ClFN5O/c17-11-2-1-3-12(18)14(11)15-21-13(22-23-15)8-20-16(24)9-4-6-10(19)7-5-9/h1-7H,8,19H2,(H,20,24)(H,21,22,23). The van der Waals surface area contributed by atoms with E-state index in [1.165, 1.54) is 12.1 Å². The first kappa shape index (κ1) is 15.9. The highest BCUT2D eigenvalue weighted by molar-refractivity contribution is 6.33. The van der Waals surface area contributed by atoms with Crippen molar-refractivity contribution in [3.05, 3.63) is 64.7 Å². The second-order valence-electron chi connectivity index (χ2n) is 5.01. The molecule has 2 aromatic carbocycles. The molecular weight excluding hydrogens is 333 g/mol. The molecule has 3 rings (SSSR count). The first-order valence-electron chi connectivity index (χ1n) is 7.04. The Labute approximate surface area is 141 Å². The number of hydrogen-bond donors (Lipinski definition) is 3. The minimum absolute atomic E-state index is 0.113. The van der Waals surface area contributed by atoms with Gasteiger partial charge in [0.2, 0.25) is 0 Å². The molecule has 0 unspecified atom stereocenters. The zero-order valence-electron chi connectivity index (χ0n) is 12.4. The van der Waals surface area contributed by atoms with Gasteiger partial charge in [-0.2, -0.15) is 5.10 Å². The fourth-order valence-corrected chi connectivity index (χ4v) is 2.35. The number of rotatable bonds is 4. The third-order valence-electron chi connectivity index (χ3n) is 3.31. The number of aromatic amines is 1. The second-order valence-corrected chi connectivity index (χ2v) is 5.41. The molecule has 122 valence electrons. The van der Waals surface area contributed by atoms with Crippen LogP contribution in [-0.2, 0) is 6.54 Å². The van der Waals surface area contributed by atoms with Crippen LogP contribution in [0.1, 0.15) is 16.2 Å². The predicted octanol–water partition coefficient (Wildman–Crippen LogP) is 2.78. The lowest BCUT2D eigenvalue weighted by Crippen LogP contribution is -2.23. The van der Waals surface area contributed by atoms with Gasteiger partial charge in [0, 0.05) is 11.3 Å². The van der Waals surface area contributed by atoms with Gasteiger partial charge in [0.15, 0.2) is 5.82 Å². The van der Waals surface area contributed by atoms with Gasteiger partial charge in [-0.15, -0.1) is 0 Å². The van der Waals surface area contributed by atoms with Gasteiger partial charge in [-0.05, 0) is 36.4 Å².